The molecule has 0 aliphatic rings. The maximum absolute atomic E-state index is 12.9. The van der Waals surface area contributed by atoms with E-state index in [1.807, 2.05) is 6.92 Å². The molecule has 7 heteroatoms. The Bertz CT molecular complexity index is 999. The summed E-state index contributed by atoms with van der Waals surface area (Å²) in [5, 5.41) is 11.7. The second kappa shape index (κ2) is 8.13. The molecule has 0 aliphatic carbocycles. The third-order valence-electron chi connectivity index (χ3n) is 3.96. The van der Waals surface area contributed by atoms with Gasteiger partial charge in [0.05, 0.1) is 16.2 Å². The fourth-order valence-electron chi connectivity index (χ4n) is 2.44. The maximum atomic E-state index is 12.9. The van der Waals surface area contributed by atoms with E-state index in [-0.39, 0.29) is 11.3 Å². The van der Waals surface area contributed by atoms with Crippen LogP contribution in [0.2, 0.25) is 0 Å². The number of carbonyl (C=O) groups excluding carboxylic acids is 2. The lowest BCUT2D eigenvalue weighted by molar-refractivity contribution is -0.384. The van der Waals surface area contributed by atoms with Gasteiger partial charge in [0.25, 0.3) is 11.6 Å². The van der Waals surface area contributed by atoms with Crippen molar-refractivity contribution in [2.24, 2.45) is 0 Å². The molecule has 0 radical (unpaired) electrons. The molecule has 1 amide bonds. The van der Waals surface area contributed by atoms with Gasteiger partial charge in [-0.3, -0.25) is 14.9 Å². The smallest absolute Gasteiger partial charge is 0.327 e. The number of aryl methyl sites for hydroxylation is 1. The van der Waals surface area contributed by atoms with Gasteiger partial charge in [-0.2, -0.15) is 0 Å². The molecule has 3 aromatic carbocycles. The van der Waals surface area contributed by atoms with Crippen molar-refractivity contribution >= 4 is 23.3 Å². The summed E-state index contributed by atoms with van der Waals surface area (Å²) < 4.78 is 0. The van der Waals surface area contributed by atoms with Gasteiger partial charge in [-0.1, -0.05) is 35.9 Å². The molecule has 0 fully saturated rings. The van der Waals surface area contributed by atoms with Crippen LogP contribution in [0, 0.1) is 17.0 Å². The molecule has 3 rings (SSSR count). The number of hydrogen-bond acceptors (Lipinski definition) is 5. The summed E-state index contributed by atoms with van der Waals surface area (Å²) >= 11 is 0. The summed E-state index contributed by atoms with van der Waals surface area (Å²) in [4.78, 5) is 41.1. The first-order valence-corrected chi connectivity index (χ1v) is 8.38. The lowest BCUT2D eigenvalue weighted by atomic mass is 10.1. The number of benzene rings is 3. The third-order valence-corrected chi connectivity index (χ3v) is 3.96. The lowest BCUT2D eigenvalue weighted by Crippen LogP contribution is -2.33. The normalized spacial score (nSPS) is 10.2. The number of non-ortho nitro benzene ring substituents is 1. The highest BCUT2D eigenvalue weighted by Crippen LogP contribution is 2.20. The van der Waals surface area contributed by atoms with Crippen molar-refractivity contribution in [2.45, 2.75) is 6.92 Å². The van der Waals surface area contributed by atoms with Crippen molar-refractivity contribution < 1.29 is 19.3 Å². The van der Waals surface area contributed by atoms with Crippen molar-refractivity contribution in [1.29, 1.82) is 0 Å². The van der Waals surface area contributed by atoms with Gasteiger partial charge in [0, 0.05) is 17.7 Å². The number of amides is 1. The van der Waals surface area contributed by atoms with Gasteiger partial charge in [0.1, 0.15) is 0 Å². The molecule has 0 N–H and O–H groups in total. The zero-order valence-electron chi connectivity index (χ0n) is 14.9. The number of nitro benzene ring substituents is 1. The number of rotatable bonds is 4. The van der Waals surface area contributed by atoms with E-state index in [2.05, 4.69) is 0 Å². The van der Waals surface area contributed by atoms with E-state index < -0.39 is 16.8 Å². The van der Waals surface area contributed by atoms with Crippen LogP contribution < -0.4 is 5.06 Å². The lowest BCUT2D eigenvalue weighted by Gasteiger charge is -2.21. The van der Waals surface area contributed by atoms with E-state index in [4.69, 9.17) is 4.84 Å². The Morgan fingerprint density at radius 1 is 0.857 bits per heavy atom. The van der Waals surface area contributed by atoms with E-state index >= 15 is 0 Å². The zero-order valence-corrected chi connectivity index (χ0v) is 14.9. The number of para-hydroxylation sites is 1. The van der Waals surface area contributed by atoms with E-state index in [1.54, 1.807) is 54.6 Å². The summed E-state index contributed by atoms with van der Waals surface area (Å²) in [6, 6.07) is 20.2. The van der Waals surface area contributed by atoms with Gasteiger partial charge in [0.15, 0.2) is 0 Å². The summed E-state index contributed by atoms with van der Waals surface area (Å²) in [5.74, 6) is -1.32. The molecule has 0 spiro atoms. The van der Waals surface area contributed by atoms with Crippen molar-refractivity contribution in [2.75, 3.05) is 5.06 Å². The molecule has 3 aromatic rings. The molecule has 0 saturated heterocycles. The minimum absolute atomic E-state index is 0.139. The van der Waals surface area contributed by atoms with E-state index in [0.717, 1.165) is 10.6 Å². The van der Waals surface area contributed by atoms with Crippen LogP contribution in [0.15, 0.2) is 78.9 Å². The molecule has 0 saturated carbocycles. The highest BCUT2D eigenvalue weighted by Gasteiger charge is 2.24. The van der Waals surface area contributed by atoms with Crippen LogP contribution in [0.5, 0.6) is 0 Å². The molecule has 0 aliphatic heterocycles. The number of hydrogen-bond donors (Lipinski definition) is 0. The Hall–Kier alpha value is -4.00. The predicted octanol–water partition coefficient (Wildman–Crippen LogP) is 4.32. The Balaban J connectivity index is 1.90. The SMILES string of the molecule is Cc1ccc(C(=O)ON(C(=O)c2ccc([N+](=O)[O-])cc2)c2ccccc2)cc1. The van der Waals surface area contributed by atoms with E-state index in [9.17, 15) is 19.7 Å². The average Bonchev–Trinajstić information content (AvgIpc) is 2.72. The molecular formula is C21H16N2O5. The van der Waals surface area contributed by atoms with Crippen LogP contribution >= 0.6 is 0 Å². The average molecular weight is 376 g/mol. The van der Waals surface area contributed by atoms with Gasteiger partial charge in [0.2, 0.25) is 0 Å². The molecule has 0 atom stereocenters. The van der Waals surface area contributed by atoms with E-state index in [0.29, 0.717) is 11.3 Å². The minimum Gasteiger partial charge on any atom is -0.327 e. The zero-order chi connectivity index (χ0) is 20.1. The number of hydroxylamine groups is 1. The van der Waals surface area contributed by atoms with Gasteiger partial charge in [-0.05, 0) is 43.3 Å². The molecule has 0 bridgehead atoms. The third kappa shape index (κ3) is 4.21. The molecule has 0 unspecified atom stereocenters. The summed E-state index contributed by atoms with van der Waals surface area (Å²) in [7, 11) is 0. The predicted molar refractivity (Wildman–Crippen MR) is 103 cm³/mol. The van der Waals surface area contributed by atoms with Crippen molar-refractivity contribution in [3.8, 4) is 0 Å². The number of carbonyl (C=O) groups is 2. The summed E-state index contributed by atoms with van der Waals surface area (Å²) in [6.45, 7) is 1.89. The van der Waals surface area contributed by atoms with Crippen molar-refractivity contribution in [1.82, 2.24) is 0 Å². The maximum Gasteiger partial charge on any atom is 0.363 e. The first-order valence-electron chi connectivity index (χ1n) is 8.38. The number of nitro groups is 1. The topological polar surface area (TPSA) is 89.8 Å². The second-order valence-electron chi connectivity index (χ2n) is 5.98. The standard InChI is InChI=1S/C21H16N2O5/c1-15-7-9-17(10-8-15)21(25)28-22(18-5-3-2-4-6-18)20(24)16-11-13-19(14-12-16)23(26)27/h2-14H,1H3. The minimum atomic E-state index is -0.695. The summed E-state index contributed by atoms with van der Waals surface area (Å²) in [6.07, 6.45) is 0. The van der Waals surface area contributed by atoms with Crippen molar-refractivity contribution in [3.63, 3.8) is 0 Å². The monoisotopic (exact) mass is 376 g/mol. The van der Waals surface area contributed by atoms with Crippen molar-refractivity contribution in [3.05, 3.63) is 106 Å². The molecule has 28 heavy (non-hydrogen) atoms. The largest absolute Gasteiger partial charge is 0.363 e. The summed E-state index contributed by atoms with van der Waals surface area (Å²) in [5.41, 5.74) is 1.64. The molecule has 0 heterocycles. The number of nitrogens with zero attached hydrogens (tertiary/aromatic N) is 2. The van der Waals surface area contributed by atoms with Gasteiger partial charge >= 0.3 is 5.97 Å². The van der Waals surface area contributed by atoms with Crippen LogP contribution in [-0.4, -0.2) is 16.8 Å². The van der Waals surface area contributed by atoms with Gasteiger partial charge < -0.3 is 4.84 Å². The fraction of sp³-hybridized carbons (Fsp3) is 0.0476. The van der Waals surface area contributed by atoms with Gasteiger partial charge in [-0.15, -0.1) is 5.06 Å². The second-order valence-corrected chi connectivity index (χ2v) is 5.98. The Labute approximate surface area is 160 Å². The first kappa shape index (κ1) is 18.8. The Kier molecular flexibility index (Phi) is 5.45. The highest BCUT2D eigenvalue weighted by atomic mass is 16.7. The van der Waals surface area contributed by atoms with Crippen LogP contribution in [-0.2, 0) is 4.84 Å². The highest BCUT2D eigenvalue weighted by molar-refractivity contribution is 6.06. The van der Waals surface area contributed by atoms with Crippen LogP contribution in [0.4, 0.5) is 11.4 Å². The first-order chi connectivity index (χ1) is 13.5. The molecule has 140 valence electrons. The van der Waals surface area contributed by atoms with E-state index in [1.165, 1.54) is 24.3 Å². The number of anilines is 1. The van der Waals surface area contributed by atoms with Crippen LogP contribution in [0.3, 0.4) is 0 Å². The Morgan fingerprint density at radius 3 is 2.00 bits per heavy atom. The molecule has 0 aromatic heterocycles. The van der Waals surface area contributed by atoms with Gasteiger partial charge in [-0.25, -0.2) is 4.79 Å². The molecular weight excluding hydrogens is 360 g/mol. The van der Waals surface area contributed by atoms with Crippen LogP contribution in [0.25, 0.3) is 0 Å². The molecule has 7 nitrogen and oxygen atoms in total. The van der Waals surface area contributed by atoms with Crippen LogP contribution in [0.1, 0.15) is 26.3 Å². The fourth-order valence-corrected chi connectivity index (χ4v) is 2.44. The quantitative estimate of drug-likeness (QED) is 0.500. The Morgan fingerprint density at radius 2 is 1.43 bits per heavy atom.